The molecule has 0 unspecified atom stereocenters. The van der Waals surface area contributed by atoms with Crippen molar-refractivity contribution in [3.8, 4) is 0 Å². The van der Waals surface area contributed by atoms with Crippen molar-refractivity contribution in [1.82, 2.24) is 10.6 Å². The van der Waals surface area contributed by atoms with E-state index < -0.39 is 5.60 Å². The Hall–Kier alpha value is -1.39. The van der Waals surface area contributed by atoms with Gasteiger partial charge < -0.3 is 15.7 Å². The van der Waals surface area contributed by atoms with Crippen LogP contribution in [0.4, 0.5) is 0 Å². The maximum Gasteiger partial charge on any atom is 0.251 e. The Balaban J connectivity index is 1.79. The molecule has 0 aromatic heterocycles. The van der Waals surface area contributed by atoms with Crippen LogP contribution in [0.1, 0.15) is 62.4 Å². The minimum atomic E-state index is -0.580. The molecule has 24 heavy (non-hydrogen) atoms. The van der Waals surface area contributed by atoms with Crippen LogP contribution in [-0.2, 0) is 6.54 Å². The lowest BCUT2D eigenvalue weighted by Gasteiger charge is -2.41. The van der Waals surface area contributed by atoms with Crippen molar-refractivity contribution >= 4 is 5.91 Å². The van der Waals surface area contributed by atoms with E-state index in [0.29, 0.717) is 30.0 Å². The van der Waals surface area contributed by atoms with Gasteiger partial charge in [0, 0.05) is 25.7 Å². The van der Waals surface area contributed by atoms with Gasteiger partial charge in [-0.2, -0.15) is 0 Å². The van der Waals surface area contributed by atoms with E-state index in [1.807, 2.05) is 24.3 Å². The first-order valence-electron chi connectivity index (χ1n) is 8.98. The molecule has 1 aromatic rings. The number of carbonyl (C=O) groups excluding carboxylic acids is 1. The van der Waals surface area contributed by atoms with Gasteiger partial charge in [0.15, 0.2) is 0 Å². The van der Waals surface area contributed by atoms with E-state index in [2.05, 4.69) is 31.4 Å². The fraction of sp³-hybridized carbons (Fsp3) is 0.650. The van der Waals surface area contributed by atoms with Crippen molar-refractivity contribution in [3.05, 3.63) is 35.4 Å². The predicted octanol–water partition coefficient (Wildman–Crippen LogP) is 3.10. The van der Waals surface area contributed by atoms with Gasteiger partial charge in [0.2, 0.25) is 0 Å². The summed E-state index contributed by atoms with van der Waals surface area (Å²) >= 11 is 0. The maximum absolute atomic E-state index is 11.5. The highest BCUT2D eigenvalue weighted by molar-refractivity contribution is 5.93. The number of aliphatic hydroxyl groups is 1. The largest absolute Gasteiger partial charge is 0.389 e. The molecule has 0 spiro atoms. The maximum atomic E-state index is 11.5. The molecule has 0 radical (unpaired) electrons. The molecule has 0 heterocycles. The zero-order valence-corrected chi connectivity index (χ0v) is 15.5. The first-order valence-corrected chi connectivity index (χ1v) is 8.98. The summed E-state index contributed by atoms with van der Waals surface area (Å²) in [5.41, 5.74) is 1.54. The number of hydrogen-bond donors (Lipinski definition) is 3. The number of carbonyl (C=O) groups is 1. The molecule has 1 aliphatic carbocycles. The number of amides is 1. The summed E-state index contributed by atoms with van der Waals surface area (Å²) in [6, 6.07) is 7.58. The molecule has 134 valence electrons. The molecule has 3 N–H and O–H groups in total. The second-order valence-electron chi connectivity index (χ2n) is 8.24. The molecule has 0 bridgehead atoms. The highest BCUT2D eigenvalue weighted by Crippen LogP contribution is 2.41. The molecule has 1 amide bonds. The number of rotatable bonds is 5. The Morgan fingerprint density at radius 1 is 1.21 bits per heavy atom. The van der Waals surface area contributed by atoms with Gasteiger partial charge in [0.25, 0.3) is 5.91 Å². The Morgan fingerprint density at radius 3 is 2.29 bits per heavy atom. The average Bonchev–Trinajstić information content (AvgIpc) is 2.54. The van der Waals surface area contributed by atoms with Crippen molar-refractivity contribution in [3.63, 3.8) is 0 Å². The highest BCUT2D eigenvalue weighted by Gasteiger charge is 2.36. The second-order valence-corrected chi connectivity index (χ2v) is 8.24. The van der Waals surface area contributed by atoms with Crippen molar-refractivity contribution in [2.75, 3.05) is 13.6 Å². The van der Waals surface area contributed by atoms with Crippen LogP contribution >= 0.6 is 0 Å². The van der Waals surface area contributed by atoms with Crippen LogP contribution in [0, 0.1) is 11.3 Å². The third-order valence-corrected chi connectivity index (χ3v) is 5.37. The normalized spacial score (nSPS) is 24.6. The summed E-state index contributed by atoms with van der Waals surface area (Å²) in [7, 11) is 1.63. The molecule has 1 aliphatic rings. The van der Waals surface area contributed by atoms with Gasteiger partial charge in [-0.15, -0.1) is 0 Å². The van der Waals surface area contributed by atoms with E-state index >= 15 is 0 Å². The van der Waals surface area contributed by atoms with E-state index in [1.165, 1.54) is 0 Å². The van der Waals surface area contributed by atoms with Crippen molar-refractivity contribution in [2.24, 2.45) is 11.3 Å². The highest BCUT2D eigenvalue weighted by atomic mass is 16.3. The number of nitrogens with one attached hydrogen (secondary N) is 2. The van der Waals surface area contributed by atoms with Gasteiger partial charge in [0.05, 0.1) is 5.60 Å². The Labute approximate surface area is 146 Å². The van der Waals surface area contributed by atoms with Crippen molar-refractivity contribution in [2.45, 2.75) is 58.6 Å². The molecule has 0 saturated heterocycles. The summed E-state index contributed by atoms with van der Waals surface area (Å²) < 4.78 is 0. The monoisotopic (exact) mass is 332 g/mol. The SMILES string of the molecule is CNC(=O)c1ccc(CNCC2(O)CCC(C(C)(C)C)CC2)cc1. The van der Waals surface area contributed by atoms with Crippen LogP contribution in [-0.4, -0.2) is 30.2 Å². The number of benzene rings is 1. The Kier molecular flexibility index (Phi) is 6.05. The zero-order chi connectivity index (χ0) is 17.8. The van der Waals surface area contributed by atoms with Gasteiger partial charge in [0.1, 0.15) is 0 Å². The third-order valence-electron chi connectivity index (χ3n) is 5.37. The summed E-state index contributed by atoms with van der Waals surface area (Å²) in [4.78, 5) is 11.5. The Morgan fingerprint density at radius 2 is 1.79 bits per heavy atom. The van der Waals surface area contributed by atoms with Gasteiger partial charge in [-0.1, -0.05) is 32.9 Å². The molecule has 4 nitrogen and oxygen atoms in total. The van der Waals surface area contributed by atoms with Gasteiger partial charge in [-0.25, -0.2) is 0 Å². The predicted molar refractivity (Wildman–Crippen MR) is 97.9 cm³/mol. The van der Waals surface area contributed by atoms with Gasteiger partial charge in [-0.05, 0) is 54.7 Å². The first-order chi connectivity index (χ1) is 11.2. The van der Waals surface area contributed by atoms with E-state index in [9.17, 15) is 9.90 Å². The summed E-state index contributed by atoms with van der Waals surface area (Å²) in [5.74, 6) is 0.634. The van der Waals surface area contributed by atoms with Crippen LogP contribution < -0.4 is 10.6 Å². The third kappa shape index (κ3) is 5.05. The summed E-state index contributed by atoms with van der Waals surface area (Å²) in [6.45, 7) is 8.22. The molecule has 1 saturated carbocycles. The molecule has 2 rings (SSSR count). The van der Waals surface area contributed by atoms with Crippen LogP contribution in [0.15, 0.2) is 24.3 Å². The first kappa shape index (κ1) is 18.9. The van der Waals surface area contributed by atoms with Crippen LogP contribution in [0.25, 0.3) is 0 Å². The summed E-state index contributed by atoms with van der Waals surface area (Å²) in [5, 5.41) is 16.8. The molecule has 1 aromatic carbocycles. The smallest absolute Gasteiger partial charge is 0.251 e. The fourth-order valence-electron chi connectivity index (χ4n) is 3.56. The molecule has 4 heteroatoms. The minimum Gasteiger partial charge on any atom is -0.389 e. The fourth-order valence-corrected chi connectivity index (χ4v) is 3.56. The second kappa shape index (κ2) is 7.66. The van der Waals surface area contributed by atoms with E-state index in [1.54, 1.807) is 7.05 Å². The quantitative estimate of drug-likeness (QED) is 0.776. The number of hydrogen-bond acceptors (Lipinski definition) is 3. The minimum absolute atomic E-state index is 0.0700. The molecule has 0 aliphatic heterocycles. The van der Waals surface area contributed by atoms with E-state index in [-0.39, 0.29) is 5.91 Å². The lowest BCUT2D eigenvalue weighted by molar-refractivity contribution is -0.0239. The summed E-state index contributed by atoms with van der Waals surface area (Å²) in [6.07, 6.45) is 3.94. The standard InChI is InChI=1S/C20H32N2O2/c1-19(2,3)17-9-11-20(24,12-10-17)14-22-13-15-5-7-16(8-6-15)18(23)21-4/h5-8,17,22,24H,9-14H2,1-4H3,(H,21,23). The topological polar surface area (TPSA) is 61.4 Å². The van der Waals surface area contributed by atoms with Crippen molar-refractivity contribution in [1.29, 1.82) is 0 Å². The van der Waals surface area contributed by atoms with Gasteiger partial charge >= 0.3 is 0 Å². The lowest BCUT2D eigenvalue weighted by Crippen LogP contribution is -2.44. The Bertz CT molecular complexity index is 538. The van der Waals surface area contributed by atoms with Crippen LogP contribution in [0.5, 0.6) is 0 Å². The van der Waals surface area contributed by atoms with E-state index in [0.717, 1.165) is 31.2 Å². The zero-order valence-electron chi connectivity index (χ0n) is 15.5. The lowest BCUT2D eigenvalue weighted by atomic mass is 9.68. The molecule has 0 atom stereocenters. The van der Waals surface area contributed by atoms with Gasteiger partial charge in [-0.3, -0.25) is 4.79 Å². The average molecular weight is 332 g/mol. The molecular formula is C20H32N2O2. The molecule has 1 fully saturated rings. The van der Waals surface area contributed by atoms with Crippen LogP contribution in [0.2, 0.25) is 0 Å². The molecular weight excluding hydrogens is 300 g/mol. The van der Waals surface area contributed by atoms with Crippen LogP contribution in [0.3, 0.4) is 0 Å². The van der Waals surface area contributed by atoms with Crippen molar-refractivity contribution < 1.29 is 9.90 Å². The van der Waals surface area contributed by atoms with E-state index in [4.69, 9.17) is 0 Å².